The number of carbonyl (C=O) groups is 2. The zero-order valence-electron chi connectivity index (χ0n) is 16.2. The van der Waals surface area contributed by atoms with Crippen molar-refractivity contribution in [3.63, 3.8) is 0 Å². The molecule has 2 aliphatic heterocycles. The van der Waals surface area contributed by atoms with E-state index in [0.29, 0.717) is 12.2 Å². The number of amides is 2. The molecule has 1 aromatic heterocycles. The van der Waals surface area contributed by atoms with Crippen LogP contribution in [0.15, 0.2) is 54.7 Å². The molecule has 146 valence electrons. The summed E-state index contributed by atoms with van der Waals surface area (Å²) in [6.07, 6.45) is 9.15. The number of hydrogen-bond acceptors (Lipinski definition) is 2. The zero-order valence-corrected chi connectivity index (χ0v) is 16.2. The van der Waals surface area contributed by atoms with E-state index >= 15 is 0 Å². The molecule has 2 saturated heterocycles. The van der Waals surface area contributed by atoms with Gasteiger partial charge in [0.25, 0.3) is 5.91 Å². The summed E-state index contributed by atoms with van der Waals surface area (Å²) < 4.78 is 0. The average Bonchev–Trinajstić information content (AvgIpc) is 3.47. The molecule has 0 unspecified atom stereocenters. The SMILES string of the molecule is CC[C@@]1(C(=O)NCC=Cc2ccccc2)C[C@@H]2CC[C@H]1N2C(=O)c1ccc[nH]1. The van der Waals surface area contributed by atoms with Gasteiger partial charge >= 0.3 is 0 Å². The molecule has 5 heteroatoms. The number of fused-ring (bicyclic) bond motifs is 2. The van der Waals surface area contributed by atoms with Gasteiger partial charge in [0.15, 0.2) is 0 Å². The van der Waals surface area contributed by atoms with Crippen molar-refractivity contribution in [2.75, 3.05) is 6.54 Å². The van der Waals surface area contributed by atoms with Gasteiger partial charge < -0.3 is 15.2 Å². The van der Waals surface area contributed by atoms with E-state index in [2.05, 4.69) is 17.2 Å². The lowest BCUT2D eigenvalue weighted by atomic mass is 9.71. The number of nitrogens with one attached hydrogen (secondary N) is 2. The van der Waals surface area contributed by atoms with E-state index in [1.807, 2.05) is 59.5 Å². The fraction of sp³-hybridized carbons (Fsp3) is 0.391. The van der Waals surface area contributed by atoms with Crippen molar-refractivity contribution >= 4 is 17.9 Å². The average molecular weight is 377 g/mol. The molecule has 0 saturated carbocycles. The van der Waals surface area contributed by atoms with Crippen molar-refractivity contribution in [1.29, 1.82) is 0 Å². The third-order valence-electron chi connectivity index (χ3n) is 6.38. The minimum atomic E-state index is -0.480. The molecule has 5 nitrogen and oxygen atoms in total. The normalized spacial score (nSPS) is 26.1. The van der Waals surface area contributed by atoms with Gasteiger partial charge in [0, 0.05) is 24.8 Å². The Bertz CT molecular complexity index is 859. The van der Waals surface area contributed by atoms with Gasteiger partial charge in [-0.05, 0) is 43.4 Å². The first-order valence-electron chi connectivity index (χ1n) is 10.1. The number of H-pyrrole nitrogens is 1. The maximum Gasteiger partial charge on any atom is 0.270 e. The quantitative estimate of drug-likeness (QED) is 0.808. The van der Waals surface area contributed by atoms with Crippen LogP contribution in [-0.2, 0) is 4.79 Å². The topological polar surface area (TPSA) is 65.2 Å². The Morgan fingerprint density at radius 3 is 2.75 bits per heavy atom. The molecule has 2 fully saturated rings. The minimum absolute atomic E-state index is 0.0172. The molecule has 0 spiro atoms. The summed E-state index contributed by atoms with van der Waals surface area (Å²) in [7, 11) is 0. The molecular formula is C23H27N3O2. The number of benzene rings is 1. The van der Waals surface area contributed by atoms with Crippen LogP contribution >= 0.6 is 0 Å². The lowest BCUT2D eigenvalue weighted by Gasteiger charge is -2.35. The van der Waals surface area contributed by atoms with Crippen LogP contribution in [0.25, 0.3) is 6.08 Å². The van der Waals surface area contributed by atoms with E-state index in [4.69, 9.17) is 0 Å². The first-order valence-corrected chi connectivity index (χ1v) is 10.1. The second-order valence-electron chi connectivity index (χ2n) is 7.78. The van der Waals surface area contributed by atoms with Gasteiger partial charge in [-0.25, -0.2) is 0 Å². The number of aromatic amines is 1. The summed E-state index contributed by atoms with van der Waals surface area (Å²) in [4.78, 5) is 31.1. The molecule has 2 amide bonds. The lowest BCUT2D eigenvalue weighted by molar-refractivity contribution is -0.132. The van der Waals surface area contributed by atoms with E-state index in [1.54, 1.807) is 6.20 Å². The maximum atomic E-state index is 13.2. The first-order chi connectivity index (χ1) is 13.7. The largest absolute Gasteiger partial charge is 0.357 e. The Hall–Kier alpha value is -2.82. The predicted octanol–water partition coefficient (Wildman–Crippen LogP) is 3.62. The number of nitrogens with zero attached hydrogens (tertiary/aromatic N) is 1. The van der Waals surface area contributed by atoms with Gasteiger partial charge in [0.2, 0.25) is 5.91 Å². The fourth-order valence-electron chi connectivity index (χ4n) is 4.96. The lowest BCUT2D eigenvalue weighted by Crippen LogP contribution is -2.49. The number of carbonyl (C=O) groups excluding carboxylic acids is 2. The third-order valence-corrected chi connectivity index (χ3v) is 6.38. The Morgan fingerprint density at radius 1 is 1.21 bits per heavy atom. The van der Waals surface area contributed by atoms with Crippen molar-refractivity contribution in [2.45, 2.75) is 44.7 Å². The van der Waals surface area contributed by atoms with Crippen molar-refractivity contribution in [3.05, 3.63) is 66.0 Å². The second kappa shape index (κ2) is 7.66. The van der Waals surface area contributed by atoms with Crippen LogP contribution in [0, 0.1) is 5.41 Å². The van der Waals surface area contributed by atoms with Crippen molar-refractivity contribution in [1.82, 2.24) is 15.2 Å². The highest BCUT2D eigenvalue weighted by Crippen LogP contribution is 2.52. The molecule has 2 bridgehead atoms. The highest BCUT2D eigenvalue weighted by atomic mass is 16.2. The van der Waals surface area contributed by atoms with Crippen molar-refractivity contribution < 1.29 is 9.59 Å². The third kappa shape index (κ3) is 3.15. The van der Waals surface area contributed by atoms with Crippen LogP contribution in [0.1, 0.15) is 48.7 Å². The molecule has 2 aromatic rings. The molecule has 1 aromatic carbocycles. The predicted molar refractivity (Wildman–Crippen MR) is 110 cm³/mol. The molecule has 3 atom stereocenters. The van der Waals surface area contributed by atoms with E-state index in [-0.39, 0.29) is 23.9 Å². The Balaban J connectivity index is 1.44. The molecule has 0 aliphatic carbocycles. The maximum absolute atomic E-state index is 13.2. The van der Waals surface area contributed by atoms with Crippen molar-refractivity contribution in [3.8, 4) is 0 Å². The Morgan fingerprint density at radius 2 is 2.04 bits per heavy atom. The van der Waals surface area contributed by atoms with Crippen LogP contribution in [0.3, 0.4) is 0 Å². The molecule has 3 heterocycles. The number of hydrogen-bond donors (Lipinski definition) is 2. The van der Waals surface area contributed by atoms with E-state index < -0.39 is 5.41 Å². The van der Waals surface area contributed by atoms with Crippen LogP contribution in [-0.4, -0.2) is 40.3 Å². The van der Waals surface area contributed by atoms with E-state index in [0.717, 1.165) is 31.2 Å². The number of aromatic nitrogens is 1. The molecule has 4 rings (SSSR count). The van der Waals surface area contributed by atoms with Crippen LogP contribution < -0.4 is 5.32 Å². The summed E-state index contributed by atoms with van der Waals surface area (Å²) in [5.74, 6) is 0.0915. The van der Waals surface area contributed by atoms with Gasteiger partial charge in [0.1, 0.15) is 5.69 Å². The fourth-order valence-corrected chi connectivity index (χ4v) is 4.96. The molecular weight excluding hydrogens is 350 g/mol. The molecule has 0 radical (unpaired) electrons. The molecule has 28 heavy (non-hydrogen) atoms. The molecule has 2 N–H and O–H groups in total. The summed E-state index contributed by atoms with van der Waals surface area (Å²) in [5, 5.41) is 3.09. The Kier molecular flexibility index (Phi) is 5.07. The standard InChI is InChI=1S/C23H27N3O2/c1-2-23(22(28)25-15-6-10-17-8-4-3-5-9-17)16-18-12-13-20(23)26(18)21(27)19-11-7-14-24-19/h3-11,14,18,20,24H,2,12-13,15-16H2,1H3,(H,25,28)/t18-,20+,23+/m0/s1. The summed E-state index contributed by atoms with van der Waals surface area (Å²) >= 11 is 0. The number of rotatable bonds is 6. The Labute approximate surface area is 165 Å². The highest BCUT2D eigenvalue weighted by Gasteiger charge is 2.60. The first kappa shape index (κ1) is 18.5. The van der Waals surface area contributed by atoms with Crippen LogP contribution in [0.5, 0.6) is 0 Å². The summed E-state index contributed by atoms with van der Waals surface area (Å²) in [5.41, 5.74) is 1.24. The smallest absolute Gasteiger partial charge is 0.270 e. The van der Waals surface area contributed by atoms with Gasteiger partial charge in [0.05, 0.1) is 5.41 Å². The van der Waals surface area contributed by atoms with Gasteiger partial charge in [-0.1, -0.05) is 49.4 Å². The highest BCUT2D eigenvalue weighted by molar-refractivity contribution is 5.95. The summed E-state index contributed by atoms with van der Waals surface area (Å²) in [6, 6.07) is 13.8. The molecule has 2 aliphatic rings. The van der Waals surface area contributed by atoms with Gasteiger partial charge in [-0.3, -0.25) is 9.59 Å². The summed E-state index contributed by atoms with van der Waals surface area (Å²) in [6.45, 7) is 2.56. The monoisotopic (exact) mass is 377 g/mol. The van der Waals surface area contributed by atoms with Gasteiger partial charge in [-0.15, -0.1) is 0 Å². The van der Waals surface area contributed by atoms with Crippen LogP contribution in [0.2, 0.25) is 0 Å². The van der Waals surface area contributed by atoms with Crippen molar-refractivity contribution in [2.24, 2.45) is 5.41 Å². The zero-order chi connectivity index (χ0) is 19.6. The minimum Gasteiger partial charge on any atom is -0.357 e. The van der Waals surface area contributed by atoms with E-state index in [9.17, 15) is 9.59 Å². The van der Waals surface area contributed by atoms with Gasteiger partial charge in [-0.2, -0.15) is 0 Å². The van der Waals surface area contributed by atoms with E-state index in [1.165, 1.54) is 0 Å². The second-order valence-corrected chi connectivity index (χ2v) is 7.78. The van der Waals surface area contributed by atoms with Crippen LogP contribution in [0.4, 0.5) is 0 Å².